The zero-order chi connectivity index (χ0) is 22.9. The maximum absolute atomic E-state index is 14.4. The molecule has 2 aliphatic rings. The topological polar surface area (TPSA) is 100 Å². The third kappa shape index (κ3) is 5.04. The summed E-state index contributed by atoms with van der Waals surface area (Å²) >= 11 is 0. The van der Waals surface area contributed by atoms with Crippen LogP contribution in [-0.4, -0.2) is 79.1 Å². The van der Waals surface area contributed by atoms with Crippen LogP contribution in [0.2, 0.25) is 0 Å². The monoisotopic (exact) mass is 449 g/mol. The highest BCUT2D eigenvalue weighted by molar-refractivity contribution is 5.51. The van der Waals surface area contributed by atoms with Crippen molar-refractivity contribution in [3.05, 3.63) is 24.0 Å². The first-order valence-electron chi connectivity index (χ1n) is 10.3. The van der Waals surface area contributed by atoms with Crippen LogP contribution in [0.25, 0.3) is 0 Å². The summed E-state index contributed by atoms with van der Waals surface area (Å²) in [6.07, 6.45) is -6.03. The molecule has 1 aromatic rings. The predicted octanol–water partition coefficient (Wildman–Crippen LogP) is 1.03. The molecule has 0 spiro atoms. The second-order valence-electron chi connectivity index (χ2n) is 7.88. The molecule has 0 amide bonds. The minimum absolute atomic E-state index is 0.00755. The molecule has 12 heteroatoms. The van der Waals surface area contributed by atoms with Crippen LogP contribution in [0.5, 0.6) is 5.75 Å². The van der Waals surface area contributed by atoms with Gasteiger partial charge in [-0.05, 0) is 38.1 Å². The van der Waals surface area contributed by atoms with E-state index in [0.29, 0.717) is 6.54 Å². The van der Waals surface area contributed by atoms with E-state index in [1.165, 1.54) is 24.1 Å². The molecule has 0 saturated carbocycles. The van der Waals surface area contributed by atoms with E-state index in [9.17, 15) is 17.6 Å². The number of hydrogen-bond donors (Lipinski definition) is 3. The summed E-state index contributed by atoms with van der Waals surface area (Å²) < 4.78 is 59.2. The molecule has 2 saturated heterocycles. The van der Waals surface area contributed by atoms with Crippen molar-refractivity contribution in [2.45, 2.75) is 50.9 Å². The molecule has 0 aliphatic carbocycles. The van der Waals surface area contributed by atoms with E-state index in [-0.39, 0.29) is 17.5 Å². The second kappa shape index (κ2) is 9.43. The summed E-state index contributed by atoms with van der Waals surface area (Å²) in [7, 11) is 1.32. The van der Waals surface area contributed by atoms with Crippen LogP contribution in [0.15, 0.2) is 18.2 Å². The highest BCUT2D eigenvalue weighted by atomic mass is 19.4. The summed E-state index contributed by atoms with van der Waals surface area (Å²) in [5.74, 6) is -0.663. The third-order valence-corrected chi connectivity index (χ3v) is 6.05. The number of nitrogens with two attached hydrogens (primary N) is 3. The van der Waals surface area contributed by atoms with Crippen LogP contribution >= 0.6 is 0 Å². The van der Waals surface area contributed by atoms with E-state index in [4.69, 9.17) is 21.9 Å². The number of alkyl halides is 3. The van der Waals surface area contributed by atoms with Gasteiger partial charge < -0.3 is 15.4 Å². The van der Waals surface area contributed by atoms with E-state index in [2.05, 4.69) is 4.90 Å². The fourth-order valence-electron chi connectivity index (χ4n) is 4.47. The molecule has 1 aromatic carbocycles. The molecule has 6 N–H and O–H groups in total. The summed E-state index contributed by atoms with van der Waals surface area (Å²) in [5.41, 5.74) is 19.1. The van der Waals surface area contributed by atoms with Crippen LogP contribution in [0, 0.1) is 5.82 Å². The van der Waals surface area contributed by atoms with E-state index >= 15 is 0 Å². The van der Waals surface area contributed by atoms with Crippen molar-refractivity contribution in [3.8, 4) is 5.75 Å². The lowest BCUT2D eigenvalue weighted by atomic mass is 10.1. The van der Waals surface area contributed by atoms with Gasteiger partial charge in [-0.15, -0.1) is 0 Å². The Hall–Kier alpha value is -1.70. The molecule has 2 aliphatic heterocycles. The molecular weight excluding hydrogens is 418 g/mol. The van der Waals surface area contributed by atoms with Gasteiger partial charge >= 0.3 is 6.18 Å². The lowest BCUT2D eigenvalue weighted by Gasteiger charge is -2.55. The van der Waals surface area contributed by atoms with Gasteiger partial charge in [0, 0.05) is 24.3 Å². The average molecular weight is 449 g/mol. The first-order valence-corrected chi connectivity index (χ1v) is 10.3. The fourth-order valence-corrected chi connectivity index (χ4v) is 4.47. The van der Waals surface area contributed by atoms with Gasteiger partial charge in [0.05, 0.1) is 7.11 Å². The predicted molar refractivity (Wildman–Crippen MR) is 109 cm³/mol. The van der Waals surface area contributed by atoms with Crippen molar-refractivity contribution in [1.29, 1.82) is 0 Å². The number of hydrogen-bond acceptors (Lipinski definition) is 8. The van der Waals surface area contributed by atoms with Crippen molar-refractivity contribution in [1.82, 2.24) is 14.7 Å². The zero-order valence-corrected chi connectivity index (χ0v) is 17.7. The summed E-state index contributed by atoms with van der Waals surface area (Å²) in [6, 6.07) is 4.15. The Morgan fingerprint density at radius 1 is 1.10 bits per heavy atom. The highest BCUT2D eigenvalue weighted by Crippen LogP contribution is 2.32. The molecule has 176 valence electrons. The number of halogens is 4. The van der Waals surface area contributed by atoms with Gasteiger partial charge in [-0.2, -0.15) is 13.2 Å². The van der Waals surface area contributed by atoms with Crippen LogP contribution in [0.1, 0.15) is 19.8 Å². The van der Waals surface area contributed by atoms with Gasteiger partial charge in [-0.1, -0.05) is 6.92 Å². The molecular formula is C19H31F4N7O. The molecule has 4 unspecified atom stereocenters. The lowest BCUT2D eigenvalue weighted by Crippen LogP contribution is -2.79. The Bertz CT molecular complexity index is 752. The van der Waals surface area contributed by atoms with Gasteiger partial charge in [0.2, 0.25) is 0 Å². The Kier molecular flexibility index (Phi) is 7.28. The van der Waals surface area contributed by atoms with Crippen molar-refractivity contribution < 1.29 is 22.3 Å². The van der Waals surface area contributed by atoms with Gasteiger partial charge in [0.15, 0.2) is 11.6 Å². The Balaban J connectivity index is 1.95. The highest BCUT2D eigenvalue weighted by Gasteiger charge is 2.47. The number of ether oxygens (including phenoxy) is 1. The number of anilines is 1. The van der Waals surface area contributed by atoms with Crippen LogP contribution in [-0.2, 0) is 0 Å². The molecule has 3 rings (SSSR count). The largest absolute Gasteiger partial charge is 0.494 e. The SMILES string of the molecule is CCN1CCCC1CN1C(N)N(CC(F)(F)F)C(N)N(c2ccc(OC)c(F)c2)C1N. The number of rotatable bonds is 6. The maximum atomic E-state index is 14.4. The first-order chi connectivity index (χ1) is 14.6. The zero-order valence-electron chi connectivity index (χ0n) is 17.7. The molecule has 4 atom stereocenters. The van der Waals surface area contributed by atoms with Crippen molar-refractivity contribution in [2.24, 2.45) is 17.2 Å². The Morgan fingerprint density at radius 2 is 1.77 bits per heavy atom. The molecule has 0 radical (unpaired) electrons. The standard InChI is InChI=1S/C19H31F4N7O/c1-3-27-8-4-5-13(27)10-28-16(24)29(11-19(21,22)23)18(26)30(17(28)25)12-6-7-15(31-2)14(20)9-12/h6-7,9,13,16-18H,3-5,8,10-11,24-26H2,1-2H3. The molecule has 0 aromatic heterocycles. The molecule has 2 heterocycles. The van der Waals surface area contributed by atoms with E-state index in [1.807, 2.05) is 6.92 Å². The Labute approximate surface area is 179 Å². The van der Waals surface area contributed by atoms with Gasteiger partial charge in [0.25, 0.3) is 0 Å². The van der Waals surface area contributed by atoms with Gasteiger partial charge in [0.1, 0.15) is 25.4 Å². The summed E-state index contributed by atoms with van der Waals surface area (Å²) in [5, 5.41) is 0. The van der Waals surface area contributed by atoms with Crippen molar-refractivity contribution in [3.63, 3.8) is 0 Å². The smallest absolute Gasteiger partial charge is 0.401 e. The number of likely N-dealkylation sites (tertiary alicyclic amines) is 1. The summed E-state index contributed by atoms with van der Waals surface area (Å²) in [6.45, 7) is 2.82. The van der Waals surface area contributed by atoms with Crippen molar-refractivity contribution in [2.75, 3.05) is 38.2 Å². The van der Waals surface area contributed by atoms with Crippen LogP contribution < -0.4 is 26.8 Å². The number of methoxy groups -OCH3 is 1. The maximum Gasteiger partial charge on any atom is 0.401 e. The quantitative estimate of drug-likeness (QED) is 0.554. The minimum atomic E-state index is -4.53. The fraction of sp³-hybridized carbons (Fsp3) is 0.684. The van der Waals surface area contributed by atoms with Gasteiger partial charge in [-0.25, -0.2) is 14.2 Å². The van der Waals surface area contributed by atoms with Crippen LogP contribution in [0.3, 0.4) is 0 Å². The van der Waals surface area contributed by atoms with E-state index in [1.54, 1.807) is 4.90 Å². The normalized spacial score (nSPS) is 29.0. The number of likely N-dealkylation sites (N-methyl/N-ethyl adjacent to an activating group) is 1. The molecule has 2 fully saturated rings. The van der Waals surface area contributed by atoms with Gasteiger partial charge in [-0.3, -0.25) is 16.4 Å². The lowest BCUT2D eigenvalue weighted by molar-refractivity contribution is -0.180. The first kappa shape index (κ1) is 24.0. The van der Waals surface area contributed by atoms with E-state index in [0.717, 1.165) is 36.9 Å². The van der Waals surface area contributed by atoms with E-state index < -0.39 is 37.4 Å². The summed E-state index contributed by atoms with van der Waals surface area (Å²) in [4.78, 5) is 6.12. The second-order valence-corrected chi connectivity index (χ2v) is 7.88. The van der Waals surface area contributed by atoms with Crippen molar-refractivity contribution >= 4 is 5.69 Å². The molecule has 8 nitrogen and oxygen atoms in total. The average Bonchev–Trinajstić information content (AvgIpc) is 3.15. The molecule has 0 bridgehead atoms. The minimum Gasteiger partial charge on any atom is -0.494 e. The number of benzene rings is 1. The Morgan fingerprint density at radius 3 is 2.35 bits per heavy atom. The third-order valence-electron chi connectivity index (χ3n) is 6.05. The van der Waals surface area contributed by atoms with Crippen LogP contribution in [0.4, 0.5) is 23.2 Å². The molecule has 31 heavy (non-hydrogen) atoms. The number of nitrogens with zero attached hydrogens (tertiary/aromatic N) is 4.